The molecule has 126 valence electrons. The van der Waals surface area contributed by atoms with Gasteiger partial charge in [-0.15, -0.1) is 0 Å². The molecule has 22 heavy (non-hydrogen) atoms. The van der Waals surface area contributed by atoms with Gasteiger partial charge in [0.25, 0.3) is 0 Å². The summed E-state index contributed by atoms with van der Waals surface area (Å²) in [5.74, 6) is 0.426. The van der Waals surface area contributed by atoms with Gasteiger partial charge in [0.05, 0.1) is 11.2 Å². The van der Waals surface area contributed by atoms with Crippen molar-refractivity contribution in [1.82, 2.24) is 0 Å². The molecule has 2 nitrogen and oxygen atoms in total. The van der Waals surface area contributed by atoms with Crippen molar-refractivity contribution in [3.05, 3.63) is 34.9 Å². The second-order valence-electron chi connectivity index (χ2n) is 6.63. The maximum Gasteiger partial charge on any atom is 0.0891 e. The van der Waals surface area contributed by atoms with Crippen LogP contribution in [0.25, 0.3) is 0 Å². The van der Waals surface area contributed by atoms with Gasteiger partial charge in [-0.05, 0) is 54.7 Å². The highest BCUT2D eigenvalue weighted by Gasteiger charge is 2.31. The Balaban J connectivity index is 3.53. The Morgan fingerprint density at radius 1 is 0.773 bits per heavy atom. The van der Waals surface area contributed by atoms with Crippen LogP contribution >= 0.6 is 0 Å². The van der Waals surface area contributed by atoms with E-state index in [0.29, 0.717) is 31.6 Å². The van der Waals surface area contributed by atoms with Gasteiger partial charge in [0.1, 0.15) is 0 Å². The summed E-state index contributed by atoms with van der Waals surface area (Å²) in [6, 6.07) is 6.29. The predicted octanol–water partition coefficient (Wildman–Crippen LogP) is 5.22. The molecule has 1 atom stereocenters. The molecule has 0 radical (unpaired) electrons. The number of benzene rings is 1. The highest BCUT2D eigenvalue weighted by atomic mass is 16.3. The van der Waals surface area contributed by atoms with Gasteiger partial charge in [-0.1, -0.05) is 59.7 Å². The largest absolute Gasteiger partial charge is 0.385 e. The molecule has 0 aromatic heterocycles. The quantitative estimate of drug-likeness (QED) is 0.691. The number of hydrogen-bond donors (Lipinski definition) is 2. The predicted molar refractivity (Wildman–Crippen MR) is 94.1 cm³/mol. The van der Waals surface area contributed by atoms with E-state index in [1.807, 2.05) is 33.8 Å². The van der Waals surface area contributed by atoms with Crippen LogP contribution in [0.5, 0.6) is 0 Å². The van der Waals surface area contributed by atoms with Gasteiger partial charge < -0.3 is 10.2 Å². The Morgan fingerprint density at radius 3 is 1.41 bits per heavy atom. The van der Waals surface area contributed by atoms with E-state index in [9.17, 15) is 10.2 Å². The lowest BCUT2D eigenvalue weighted by molar-refractivity contribution is 0.0215. The van der Waals surface area contributed by atoms with E-state index < -0.39 is 11.2 Å². The topological polar surface area (TPSA) is 40.5 Å². The third kappa shape index (κ3) is 3.72. The molecule has 0 amide bonds. The van der Waals surface area contributed by atoms with Crippen molar-refractivity contribution in [3.8, 4) is 0 Å². The first-order valence-corrected chi connectivity index (χ1v) is 8.90. The minimum atomic E-state index is -0.805. The maximum absolute atomic E-state index is 10.9. The lowest BCUT2D eigenvalue weighted by Gasteiger charge is -2.32. The maximum atomic E-state index is 10.9. The SMILES string of the molecule is CCC(C)c1cc(C(O)(CC)CC)cc(C(O)(CC)CC)c1. The number of aliphatic hydroxyl groups is 2. The Kier molecular flexibility index (Phi) is 6.64. The van der Waals surface area contributed by atoms with E-state index in [0.717, 1.165) is 17.5 Å². The second kappa shape index (κ2) is 7.61. The van der Waals surface area contributed by atoms with E-state index >= 15 is 0 Å². The molecule has 0 saturated carbocycles. The van der Waals surface area contributed by atoms with Gasteiger partial charge in [0.15, 0.2) is 0 Å². The lowest BCUT2D eigenvalue weighted by Crippen LogP contribution is -2.28. The van der Waals surface area contributed by atoms with E-state index in [1.165, 1.54) is 5.56 Å². The molecular weight excluding hydrogens is 272 g/mol. The summed E-state index contributed by atoms with van der Waals surface area (Å²) in [5.41, 5.74) is 1.51. The van der Waals surface area contributed by atoms with Crippen LogP contribution in [0.1, 0.15) is 96.3 Å². The lowest BCUT2D eigenvalue weighted by atomic mass is 9.80. The highest BCUT2D eigenvalue weighted by molar-refractivity contribution is 5.38. The standard InChI is InChI=1S/C20H34O2/c1-7-15(6)16-12-17(19(21,8-2)9-3)14-18(13-16)20(22,10-4)11-5/h12-15,21-22H,7-11H2,1-6H3. The van der Waals surface area contributed by atoms with Crippen LogP contribution in [0.2, 0.25) is 0 Å². The summed E-state index contributed by atoms with van der Waals surface area (Å²) < 4.78 is 0. The summed E-state index contributed by atoms with van der Waals surface area (Å²) in [4.78, 5) is 0. The average Bonchev–Trinajstić information content (AvgIpc) is 2.58. The summed E-state index contributed by atoms with van der Waals surface area (Å²) >= 11 is 0. The van der Waals surface area contributed by atoms with Crippen LogP contribution in [-0.4, -0.2) is 10.2 Å². The Morgan fingerprint density at radius 2 is 1.14 bits per heavy atom. The molecule has 0 aliphatic heterocycles. The first kappa shape index (κ1) is 19.2. The summed E-state index contributed by atoms with van der Waals surface area (Å²) in [6.45, 7) is 12.5. The first-order chi connectivity index (χ1) is 10.3. The van der Waals surface area contributed by atoms with Crippen molar-refractivity contribution < 1.29 is 10.2 Å². The molecule has 0 aliphatic rings. The van der Waals surface area contributed by atoms with E-state index in [1.54, 1.807) is 0 Å². The molecule has 1 aromatic rings. The third-order valence-corrected chi connectivity index (χ3v) is 5.55. The first-order valence-electron chi connectivity index (χ1n) is 8.90. The molecule has 0 heterocycles. The molecule has 0 spiro atoms. The van der Waals surface area contributed by atoms with Crippen molar-refractivity contribution in [1.29, 1.82) is 0 Å². The van der Waals surface area contributed by atoms with Gasteiger partial charge in [0.2, 0.25) is 0 Å². The monoisotopic (exact) mass is 306 g/mol. The fourth-order valence-corrected chi connectivity index (χ4v) is 3.03. The molecule has 0 bridgehead atoms. The van der Waals surface area contributed by atoms with Gasteiger partial charge in [-0.2, -0.15) is 0 Å². The van der Waals surface area contributed by atoms with E-state index in [2.05, 4.69) is 26.0 Å². The Bertz CT molecular complexity index is 434. The zero-order valence-corrected chi connectivity index (χ0v) is 15.2. The minimum absolute atomic E-state index is 0.426. The van der Waals surface area contributed by atoms with Crippen LogP contribution in [0, 0.1) is 0 Å². The van der Waals surface area contributed by atoms with Crippen molar-refractivity contribution >= 4 is 0 Å². The molecule has 1 aromatic carbocycles. The Hall–Kier alpha value is -0.860. The molecule has 2 heteroatoms. The van der Waals surface area contributed by atoms with E-state index in [4.69, 9.17) is 0 Å². The zero-order valence-electron chi connectivity index (χ0n) is 15.2. The molecule has 0 saturated heterocycles. The number of hydrogen-bond acceptors (Lipinski definition) is 2. The second-order valence-corrected chi connectivity index (χ2v) is 6.63. The molecule has 1 unspecified atom stereocenters. The molecule has 0 fully saturated rings. The van der Waals surface area contributed by atoms with Gasteiger partial charge in [0, 0.05) is 0 Å². The zero-order chi connectivity index (χ0) is 17.0. The molecule has 1 rings (SSSR count). The highest BCUT2D eigenvalue weighted by Crippen LogP contribution is 2.37. The van der Waals surface area contributed by atoms with Crippen molar-refractivity contribution in [3.63, 3.8) is 0 Å². The summed E-state index contributed by atoms with van der Waals surface area (Å²) in [5, 5.41) is 21.9. The third-order valence-electron chi connectivity index (χ3n) is 5.55. The molecular formula is C20H34O2. The van der Waals surface area contributed by atoms with Crippen LogP contribution in [-0.2, 0) is 11.2 Å². The minimum Gasteiger partial charge on any atom is -0.385 e. The Labute approximate surface area is 136 Å². The van der Waals surface area contributed by atoms with Crippen molar-refractivity contribution in [2.75, 3.05) is 0 Å². The smallest absolute Gasteiger partial charge is 0.0891 e. The van der Waals surface area contributed by atoms with Crippen LogP contribution < -0.4 is 0 Å². The van der Waals surface area contributed by atoms with Crippen molar-refractivity contribution in [2.24, 2.45) is 0 Å². The van der Waals surface area contributed by atoms with Crippen LogP contribution in [0.3, 0.4) is 0 Å². The average molecular weight is 306 g/mol. The molecule has 2 N–H and O–H groups in total. The summed E-state index contributed by atoms with van der Waals surface area (Å²) in [6.07, 6.45) is 3.79. The van der Waals surface area contributed by atoms with Gasteiger partial charge in [-0.25, -0.2) is 0 Å². The fraction of sp³-hybridized carbons (Fsp3) is 0.700. The van der Waals surface area contributed by atoms with Crippen molar-refractivity contribution in [2.45, 2.75) is 90.8 Å². The normalized spacial score (nSPS) is 14.2. The summed E-state index contributed by atoms with van der Waals surface area (Å²) in [7, 11) is 0. The number of rotatable bonds is 8. The van der Waals surface area contributed by atoms with Crippen LogP contribution in [0.15, 0.2) is 18.2 Å². The van der Waals surface area contributed by atoms with Crippen LogP contribution in [0.4, 0.5) is 0 Å². The fourth-order valence-electron chi connectivity index (χ4n) is 3.03. The molecule has 0 aliphatic carbocycles. The van der Waals surface area contributed by atoms with E-state index in [-0.39, 0.29) is 0 Å². The van der Waals surface area contributed by atoms with Gasteiger partial charge >= 0.3 is 0 Å². The van der Waals surface area contributed by atoms with Gasteiger partial charge in [-0.3, -0.25) is 0 Å².